The minimum atomic E-state index is -0.248. The zero-order valence-corrected chi connectivity index (χ0v) is 21.2. The lowest BCUT2D eigenvalue weighted by atomic mass is 9.87. The van der Waals surface area contributed by atoms with Crippen LogP contribution in [-0.2, 0) is 11.2 Å². The van der Waals surface area contributed by atoms with Crippen LogP contribution in [0.4, 0.5) is 4.39 Å². The Balaban J connectivity index is 2.15. The Labute approximate surface area is 197 Å². The van der Waals surface area contributed by atoms with Gasteiger partial charge in [-0.1, -0.05) is 59.3 Å². The van der Waals surface area contributed by atoms with Crippen LogP contribution in [0, 0.1) is 17.2 Å². The third-order valence-corrected chi connectivity index (χ3v) is 6.56. The molecule has 0 saturated carbocycles. The lowest BCUT2D eigenvalue weighted by molar-refractivity contribution is -0.120. The molecule has 0 saturated heterocycles. The minimum absolute atomic E-state index is 0.0588. The van der Waals surface area contributed by atoms with Crippen LogP contribution >= 0.6 is 11.3 Å². The number of hydrogen-bond acceptors (Lipinski definition) is 3. The molecule has 174 valence electrons. The van der Waals surface area contributed by atoms with Crippen molar-refractivity contribution in [1.82, 2.24) is 4.98 Å². The van der Waals surface area contributed by atoms with Crippen molar-refractivity contribution in [3.63, 3.8) is 0 Å². The molecule has 2 aromatic rings. The Morgan fingerprint density at radius 1 is 1.22 bits per heavy atom. The van der Waals surface area contributed by atoms with Gasteiger partial charge in [-0.05, 0) is 60.9 Å². The number of hydrogen-bond donors (Lipinski definition) is 0. The molecule has 0 amide bonds. The fraction of sp³-hybridized carbons (Fsp3) is 0.500. The quantitative estimate of drug-likeness (QED) is 0.300. The van der Waals surface area contributed by atoms with Crippen LogP contribution in [0.3, 0.4) is 0 Å². The SMILES string of the molecule is C=C(/C=C\C)c1sc(CC(CCC)CCCC(=O)CC(C)(C)C)nc1-c1ccc(F)cc1. The van der Waals surface area contributed by atoms with Gasteiger partial charge >= 0.3 is 0 Å². The average molecular weight is 456 g/mol. The number of nitrogens with zero attached hydrogens (tertiary/aromatic N) is 1. The molecular formula is C28H38FNOS. The second-order valence-electron chi connectivity index (χ2n) is 9.84. The molecule has 1 aromatic carbocycles. The number of halogens is 1. The van der Waals surface area contributed by atoms with E-state index in [1.807, 2.05) is 19.1 Å². The molecule has 4 heteroatoms. The standard InChI is InChI=1S/C28H38FNOS/c1-7-10-20(3)27-26(22-14-16-23(29)17-15-22)30-25(32-27)18-21(11-8-2)12-9-13-24(31)19-28(4,5)6/h7,10,14-17,21H,3,8-9,11-13,18-19H2,1-2,4-6H3/b10-7-. The van der Waals surface area contributed by atoms with Gasteiger partial charge in [-0.2, -0.15) is 0 Å². The maximum atomic E-state index is 13.4. The van der Waals surface area contributed by atoms with E-state index in [4.69, 9.17) is 4.98 Å². The molecule has 1 heterocycles. The highest BCUT2D eigenvalue weighted by molar-refractivity contribution is 7.13. The van der Waals surface area contributed by atoms with Crippen LogP contribution in [0.2, 0.25) is 0 Å². The van der Waals surface area contributed by atoms with Gasteiger partial charge in [0.1, 0.15) is 11.6 Å². The molecule has 2 rings (SSSR count). The highest BCUT2D eigenvalue weighted by atomic mass is 32.1. The number of carbonyl (C=O) groups excluding carboxylic acids is 1. The highest BCUT2D eigenvalue weighted by Gasteiger charge is 2.19. The largest absolute Gasteiger partial charge is 0.300 e. The first-order valence-corrected chi connectivity index (χ1v) is 12.5. The third-order valence-electron chi connectivity index (χ3n) is 5.40. The molecule has 0 N–H and O–H groups in total. The second kappa shape index (κ2) is 12.2. The van der Waals surface area contributed by atoms with Crippen LogP contribution in [-0.4, -0.2) is 10.8 Å². The number of carbonyl (C=O) groups is 1. The van der Waals surface area contributed by atoms with Crippen LogP contribution in [0.5, 0.6) is 0 Å². The van der Waals surface area contributed by atoms with Gasteiger partial charge in [0.05, 0.1) is 15.6 Å². The molecule has 0 radical (unpaired) electrons. The van der Waals surface area contributed by atoms with Crippen molar-refractivity contribution in [3.8, 4) is 11.3 Å². The Kier molecular flexibility index (Phi) is 10.0. The number of rotatable bonds is 12. The monoisotopic (exact) mass is 455 g/mol. The van der Waals surface area contributed by atoms with E-state index in [1.54, 1.807) is 23.5 Å². The number of Topliss-reactive ketones (excluding diaryl/α,β-unsaturated/α-hetero) is 1. The normalized spacial score (nSPS) is 12.9. The zero-order valence-electron chi connectivity index (χ0n) is 20.3. The second-order valence-corrected chi connectivity index (χ2v) is 10.9. The van der Waals surface area contributed by atoms with Crippen molar-refractivity contribution in [2.24, 2.45) is 11.3 Å². The van der Waals surface area contributed by atoms with Gasteiger partial charge < -0.3 is 0 Å². The van der Waals surface area contributed by atoms with Crippen molar-refractivity contribution in [3.05, 3.63) is 58.7 Å². The predicted octanol–water partition coefficient (Wildman–Crippen LogP) is 8.67. The van der Waals surface area contributed by atoms with Gasteiger partial charge in [0.15, 0.2) is 0 Å². The number of aromatic nitrogens is 1. The molecule has 2 nitrogen and oxygen atoms in total. The number of thiazole rings is 1. The Hall–Kier alpha value is -2.07. The summed E-state index contributed by atoms with van der Waals surface area (Å²) in [6, 6.07) is 6.52. The van der Waals surface area contributed by atoms with Crippen LogP contribution in [0.15, 0.2) is 43.0 Å². The lowest BCUT2D eigenvalue weighted by Gasteiger charge is -2.18. The van der Waals surface area contributed by atoms with Gasteiger partial charge in [-0.15, -0.1) is 11.3 Å². The maximum Gasteiger partial charge on any atom is 0.133 e. The molecule has 0 fully saturated rings. The number of ketones is 1. The summed E-state index contributed by atoms with van der Waals surface area (Å²) >= 11 is 1.69. The van der Waals surface area contributed by atoms with Crippen molar-refractivity contribution in [1.29, 1.82) is 0 Å². The van der Waals surface area contributed by atoms with Gasteiger partial charge in [0.2, 0.25) is 0 Å². The predicted molar refractivity (Wildman–Crippen MR) is 136 cm³/mol. The zero-order chi connectivity index (χ0) is 23.7. The van der Waals surface area contributed by atoms with E-state index in [-0.39, 0.29) is 11.2 Å². The molecule has 0 aliphatic carbocycles. The van der Waals surface area contributed by atoms with Crippen LogP contribution < -0.4 is 0 Å². The van der Waals surface area contributed by atoms with E-state index >= 15 is 0 Å². The van der Waals surface area contributed by atoms with Crippen LogP contribution in [0.25, 0.3) is 16.8 Å². The topological polar surface area (TPSA) is 30.0 Å². The lowest BCUT2D eigenvalue weighted by Crippen LogP contribution is -2.13. The van der Waals surface area contributed by atoms with Crippen LogP contribution in [0.1, 0.15) is 83.0 Å². The summed E-state index contributed by atoms with van der Waals surface area (Å²) in [7, 11) is 0. The molecule has 0 aliphatic rings. The van der Waals surface area contributed by atoms with Crippen molar-refractivity contribution in [2.75, 3.05) is 0 Å². The van der Waals surface area contributed by atoms with E-state index < -0.39 is 0 Å². The summed E-state index contributed by atoms with van der Waals surface area (Å²) in [4.78, 5) is 18.3. The summed E-state index contributed by atoms with van der Waals surface area (Å²) in [5, 5.41) is 1.09. The van der Waals surface area contributed by atoms with Gasteiger partial charge in [0.25, 0.3) is 0 Å². The molecule has 1 atom stereocenters. The highest BCUT2D eigenvalue weighted by Crippen LogP contribution is 2.35. The van der Waals surface area contributed by atoms with Gasteiger partial charge in [-0.3, -0.25) is 4.79 Å². The first kappa shape index (κ1) is 26.2. The van der Waals surface area contributed by atoms with E-state index in [9.17, 15) is 9.18 Å². The fourth-order valence-corrected chi connectivity index (χ4v) is 5.17. The van der Waals surface area contributed by atoms with E-state index in [0.717, 1.165) is 58.8 Å². The Morgan fingerprint density at radius 3 is 2.50 bits per heavy atom. The van der Waals surface area contributed by atoms with Gasteiger partial charge in [0, 0.05) is 24.8 Å². The van der Waals surface area contributed by atoms with E-state index in [0.29, 0.717) is 24.5 Å². The molecule has 32 heavy (non-hydrogen) atoms. The summed E-state index contributed by atoms with van der Waals surface area (Å²) < 4.78 is 13.4. The summed E-state index contributed by atoms with van der Waals surface area (Å²) in [6.07, 6.45) is 10.4. The summed E-state index contributed by atoms with van der Waals surface area (Å²) in [5.41, 5.74) is 2.77. The molecule has 0 aliphatic heterocycles. The Morgan fingerprint density at radius 2 is 1.91 bits per heavy atom. The molecule has 1 unspecified atom stereocenters. The maximum absolute atomic E-state index is 13.4. The molecule has 0 bridgehead atoms. The van der Waals surface area contributed by atoms with E-state index in [2.05, 4.69) is 34.3 Å². The van der Waals surface area contributed by atoms with Crippen molar-refractivity contribution >= 4 is 22.7 Å². The average Bonchev–Trinajstić information content (AvgIpc) is 3.11. The first-order chi connectivity index (χ1) is 15.1. The fourth-order valence-electron chi connectivity index (χ4n) is 4.02. The first-order valence-electron chi connectivity index (χ1n) is 11.7. The number of benzene rings is 1. The number of allylic oxidation sites excluding steroid dienone is 3. The van der Waals surface area contributed by atoms with Crippen molar-refractivity contribution in [2.45, 2.75) is 79.6 Å². The summed E-state index contributed by atoms with van der Waals surface area (Å²) in [5.74, 6) is 0.630. The third kappa shape index (κ3) is 8.46. The minimum Gasteiger partial charge on any atom is -0.300 e. The summed E-state index contributed by atoms with van der Waals surface area (Å²) in [6.45, 7) is 14.8. The smallest absolute Gasteiger partial charge is 0.133 e. The molecular weight excluding hydrogens is 417 g/mol. The van der Waals surface area contributed by atoms with E-state index in [1.165, 1.54) is 12.1 Å². The molecule has 1 aromatic heterocycles. The molecule has 0 spiro atoms. The van der Waals surface area contributed by atoms with Gasteiger partial charge in [-0.25, -0.2) is 9.37 Å². The van der Waals surface area contributed by atoms with Crippen molar-refractivity contribution < 1.29 is 9.18 Å². The Bertz CT molecular complexity index is 918.